The molecular weight excluding hydrogens is 1260 g/mol. The summed E-state index contributed by atoms with van der Waals surface area (Å²) in [6.07, 6.45) is 0. The Hall–Kier alpha value is -10.5. The molecule has 0 saturated heterocycles. The Morgan fingerprint density at radius 2 is 0.320 bits per heavy atom. The van der Waals surface area contributed by atoms with E-state index in [1.807, 2.05) is 121 Å². The van der Waals surface area contributed by atoms with Crippen LogP contribution >= 0.6 is 0 Å². The Bertz CT molecular complexity index is 3600. The van der Waals surface area contributed by atoms with Crippen LogP contribution in [0, 0.1) is 47.3 Å². The van der Waals surface area contributed by atoms with E-state index >= 15 is 0 Å². The van der Waals surface area contributed by atoms with Crippen LogP contribution in [-0.2, 0) is 38.4 Å². The first-order chi connectivity index (χ1) is 47.5. The Balaban J connectivity index is 1.69. The smallest absolute Gasteiger partial charge is 0.313 e. The summed E-state index contributed by atoms with van der Waals surface area (Å²) in [5.41, 5.74) is 4.32. The van der Waals surface area contributed by atoms with Gasteiger partial charge >= 0.3 is 47.8 Å². The molecule has 16 heteroatoms. The van der Waals surface area contributed by atoms with Gasteiger partial charge < -0.3 is 37.9 Å². The molecule has 0 radical (unpaired) electrons. The first-order valence-electron chi connectivity index (χ1n) is 34.2. The highest BCUT2D eigenvalue weighted by atomic mass is 16.6. The number of carbonyl (C=O) groups excluding carboxylic acids is 8. The Morgan fingerprint density at radius 1 is 0.200 bits per heavy atom. The predicted molar refractivity (Wildman–Crippen MR) is 379 cm³/mol. The largest absolute Gasteiger partial charge is 0.426 e. The highest BCUT2D eigenvalue weighted by Crippen LogP contribution is 2.55. The quantitative estimate of drug-likeness (QED) is 0.0513. The first-order valence-corrected chi connectivity index (χ1v) is 34.2. The van der Waals surface area contributed by atoms with Gasteiger partial charge in [-0.1, -0.05) is 232 Å². The monoisotopic (exact) mass is 1350 g/mol. The van der Waals surface area contributed by atoms with Gasteiger partial charge in [-0.3, -0.25) is 38.4 Å². The van der Waals surface area contributed by atoms with E-state index in [0.717, 1.165) is 0 Å². The zero-order valence-electron chi connectivity index (χ0n) is 59.6. The number of hydrogen-bond acceptors (Lipinski definition) is 16. The van der Waals surface area contributed by atoms with E-state index in [0.29, 0.717) is 22.3 Å². The van der Waals surface area contributed by atoms with Gasteiger partial charge in [0, 0.05) is 92.4 Å². The summed E-state index contributed by atoms with van der Waals surface area (Å²) in [6.45, 7) is 26.9. The highest BCUT2D eigenvalue weighted by molar-refractivity contribution is 5.84. The van der Waals surface area contributed by atoms with E-state index in [2.05, 4.69) is 0 Å². The van der Waals surface area contributed by atoms with Crippen molar-refractivity contribution in [1.82, 2.24) is 0 Å². The van der Waals surface area contributed by atoms with Crippen molar-refractivity contribution in [2.45, 2.75) is 134 Å². The molecule has 0 N–H and O–H groups in total. The maximum atomic E-state index is 14.6. The van der Waals surface area contributed by atoms with Gasteiger partial charge in [0.15, 0.2) is 0 Å². The Labute approximate surface area is 585 Å². The number of benzene rings is 8. The van der Waals surface area contributed by atoms with Crippen molar-refractivity contribution in [3.8, 4) is 46.0 Å². The lowest BCUT2D eigenvalue weighted by Crippen LogP contribution is -2.23. The second-order valence-electron chi connectivity index (χ2n) is 27.7. The molecule has 8 aromatic rings. The SMILES string of the molecule is CC(C)C(=O)Oc1cc(OC(=O)C(C)C)c2cc1C(c1ccccc1)c1cc(c(OC(=O)C(C)C)cc1OC(=O)C(C)C)C(c1ccccc1)c1cc(c(OC(=O)C(C)C)cc1OC(=O)C(C)C)C(c1ccccc1)c1cc(c(OC(=O)C(C)C)cc1OC(=O)C(C)C)C2c1ccccc1. The molecule has 0 amide bonds. The maximum absolute atomic E-state index is 14.6. The van der Waals surface area contributed by atoms with Crippen LogP contribution in [0.2, 0.25) is 0 Å². The molecule has 520 valence electrons. The second kappa shape index (κ2) is 32.0. The van der Waals surface area contributed by atoms with E-state index < -0.39 is 119 Å². The number of ether oxygens (including phenoxy) is 8. The van der Waals surface area contributed by atoms with Gasteiger partial charge in [-0.05, 0) is 46.5 Å². The molecule has 0 fully saturated rings. The summed E-state index contributed by atoms with van der Waals surface area (Å²) in [5.74, 6) is -16.3. The number of fused-ring (bicyclic) bond motifs is 8. The minimum atomic E-state index is -1.17. The van der Waals surface area contributed by atoms with Crippen molar-refractivity contribution in [1.29, 1.82) is 0 Å². The lowest BCUT2D eigenvalue weighted by Gasteiger charge is -2.32. The first kappa shape index (κ1) is 73.8. The van der Waals surface area contributed by atoms with Gasteiger partial charge in [0.1, 0.15) is 46.0 Å². The normalized spacial score (nSPS) is 15.0. The van der Waals surface area contributed by atoms with E-state index in [1.54, 1.807) is 135 Å². The minimum absolute atomic E-state index is 0.0697. The fourth-order valence-corrected chi connectivity index (χ4v) is 11.4. The van der Waals surface area contributed by atoms with E-state index in [1.165, 1.54) is 24.3 Å². The predicted octanol–water partition coefficient (Wildman–Crippen LogP) is 17.2. The molecule has 0 aromatic heterocycles. The third-order valence-corrected chi connectivity index (χ3v) is 17.0. The minimum Gasteiger partial charge on any atom is -0.426 e. The lowest BCUT2D eigenvalue weighted by atomic mass is 9.75. The Kier molecular flexibility index (Phi) is 23.6. The highest BCUT2D eigenvalue weighted by Gasteiger charge is 2.40. The molecule has 9 rings (SSSR count). The van der Waals surface area contributed by atoms with Crippen molar-refractivity contribution < 1.29 is 76.3 Å². The summed E-state index contributed by atoms with van der Waals surface area (Å²) in [4.78, 5) is 117. The topological polar surface area (TPSA) is 210 Å². The molecular formula is C84H88O16. The van der Waals surface area contributed by atoms with Gasteiger partial charge in [0.25, 0.3) is 0 Å². The van der Waals surface area contributed by atoms with Gasteiger partial charge in [-0.25, -0.2) is 0 Å². The molecule has 16 nitrogen and oxygen atoms in total. The number of hydrogen-bond donors (Lipinski definition) is 0. The lowest BCUT2D eigenvalue weighted by molar-refractivity contribution is -0.139. The van der Waals surface area contributed by atoms with Crippen LogP contribution in [0.15, 0.2) is 170 Å². The molecule has 0 unspecified atom stereocenters. The molecule has 0 heterocycles. The molecule has 1 aliphatic carbocycles. The van der Waals surface area contributed by atoms with Crippen LogP contribution in [-0.4, -0.2) is 47.8 Å². The summed E-state index contributed by atoms with van der Waals surface area (Å²) < 4.78 is 52.9. The molecule has 0 spiro atoms. The van der Waals surface area contributed by atoms with E-state index in [4.69, 9.17) is 37.9 Å². The number of esters is 8. The molecule has 0 aliphatic heterocycles. The van der Waals surface area contributed by atoms with E-state index in [9.17, 15) is 38.4 Å². The molecule has 8 bridgehead atoms. The summed E-state index contributed by atoms with van der Waals surface area (Å²) >= 11 is 0. The van der Waals surface area contributed by atoms with Gasteiger partial charge in [0.05, 0.1) is 47.3 Å². The van der Waals surface area contributed by atoms with Crippen LogP contribution in [0.4, 0.5) is 0 Å². The van der Waals surface area contributed by atoms with Crippen molar-refractivity contribution in [2.24, 2.45) is 47.3 Å². The molecule has 8 aromatic carbocycles. The summed E-state index contributed by atoms with van der Waals surface area (Å²) in [6, 6.07) is 49.8. The van der Waals surface area contributed by atoms with Crippen molar-refractivity contribution >= 4 is 47.8 Å². The summed E-state index contributed by atoms with van der Waals surface area (Å²) in [7, 11) is 0. The van der Waals surface area contributed by atoms with Crippen molar-refractivity contribution in [3.63, 3.8) is 0 Å². The van der Waals surface area contributed by atoms with Crippen LogP contribution < -0.4 is 37.9 Å². The van der Waals surface area contributed by atoms with E-state index in [-0.39, 0.29) is 90.5 Å². The van der Waals surface area contributed by atoms with Crippen LogP contribution in [0.3, 0.4) is 0 Å². The fourth-order valence-electron chi connectivity index (χ4n) is 11.4. The standard InChI is InChI=1S/C84H88O16/c1-45(2)77(85)93-65-41-66(94-78(86)46(3)4)58-37-57(65)73(53-29-21-17-22-30-53)59-38-60(68(96-80(88)48(7)8)42-67(59)95-79(87)47(5)6)75(55-33-25-19-26-34-55)63-40-64(72(100-84(92)52(15)16)44-71(63)99-83(91)51(13)14)76(56-35-27-20-28-36-56)62-39-61(74(58)54-31-23-18-24-32-54)69(97-81(89)49(9)10)43-70(62)98-82(90)50(11)12/h17-52,73-76H,1-16H3. The fraction of sp³-hybridized carbons (Fsp3) is 0.333. The number of rotatable bonds is 20. The third-order valence-electron chi connectivity index (χ3n) is 17.0. The zero-order chi connectivity index (χ0) is 72.5. The maximum Gasteiger partial charge on any atom is 0.313 e. The number of carbonyl (C=O) groups is 8. The summed E-state index contributed by atoms with van der Waals surface area (Å²) in [5, 5.41) is 0. The zero-order valence-corrected chi connectivity index (χ0v) is 59.6. The van der Waals surface area contributed by atoms with Crippen molar-refractivity contribution in [3.05, 3.63) is 237 Å². The molecule has 0 saturated carbocycles. The van der Waals surface area contributed by atoms with Gasteiger partial charge in [-0.15, -0.1) is 0 Å². The van der Waals surface area contributed by atoms with Crippen LogP contribution in [0.1, 0.15) is 201 Å². The van der Waals surface area contributed by atoms with Gasteiger partial charge in [-0.2, -0.15) is 0 Å². The average molecular weight is 1350 g/mol. The van der Waals surface area contributed by atoms with Crippen LogP contribution in [0.5, 0.6) is 46.0 Å². The second-order valence-corrected chi connectivity index (χ2v) is 27.7. The van der Waals surface area contributed by atoms with Crippen molar-refractivity contribution in [2.75, 3.05) is 0 Å². The molecule has 100 heavy (non-hydrogen) atoms. The van der Waals surface area contributed by atoms with Gasteiger partial charge in [0.2, 0.25) is 0 Å². The third kappa shape index (κ3) is 16.8. The molecule has 0 atom stereocenters. The average Bonchev–Trinajstić information content (AvgIpc) is 0.736. The van der Waals surface area contributed by atoms with Crippen LogP contribution in [0.25, 0.3) is 0 Å². The Morgan fingerprint density at radius 3 is 0.430 bits per heavy atom. The molecule has 1 aliphatic rings.